The first kappa shape index (κ1) is 25.6. The van der Waals surface area contributed by atoms with Crippen LogP contribution >= 0.6 is 0 Å². The van der Waals surface area contributed by atoms with Gasteiger partial charge in [-0.1, -0.05) is 50.3 Å². The zero-order chi connectivity index (χ0) is 24.3. The summed E-state index contributed by atoms with van der Waals surface area (Å²) in [5.74, 6) is -1.12. The number of hydrogen-bond donors (Lipinski definition) is 3. The summed E-state index contributed by atoms with van der Waals surface area (Å²) in [5.41, 5.74) is 0.342. The Morgan fingerprint density at radius 3 is 2.48 bits per heavy atom. The Labute approximate surface area is 192 Å². The Hall–Kier alpha value is -3.65. The number of carboxylic acids is 1. The summed E-state index contributed by atoms with van der Waals surface area (Å²) in [5, 5.41) is 20.1. The number of aliphatic carboxylic acids is 1. The largest absolute Gasteiger partial charge is 0.491 e. The number of benzene rings is 2. The summed E-state index contributed by atoms with van der Waals surface area (Å²) in [6, 6.07) is 15.3. The first-order valence-electron chi connectivity index (χ1n) is 10.5. The summed E-state index contributed by atoms with van der Waals surface area (Å²) in [6.45, 7) is 3.75. The van der Waals surface area contributed by atoms with E-state index in [1.807, 2.05) is 13.8 Å². The van der Waals surface area contributed by atoms with Crippen LogP contribution in [0.2, 0.25) is 0 Å². The van der Waals surface area contributed by atoms with Crippen LogP contribution in [-0.2, 0) is 9.53 Å². The fourth-order valence-corrected chi connectivity index (χ4v) is 3.27. The van der Waals surface area contributed by atoms with Gasteiger partial charge in [-0.15, -0.1) is 0 Å². The maximum Gasteiger partial charge on any atom is 0.414 e. The quantitative estimate of drug-likeness (QED) is 0.436. The predicted octanol–water partition coefficient (Wildman–Crippen LogP) is 4.11. The maximum atomic E-state index is 12.6. The molecule has 0 aromatic heterocycles. The van der Waals surface area contributed by atoms with E-state index in [1.54, 1.807) is 60.7 Å². The van der Waals surface area contributed by atoms with Gasteiger partial charge in [0.25, 0.3) is 5.91 Å². The van der Waals surface area contributed by atoms with Crippen LogP contribution in [-0.4, -0.2) is 41.4 Å². The van der Waals surface area contributed by atoms with Crippen molar-refractivity contribution < 1.29 is 34.1 Å². The van der Waals surface area contributed by atoms with Crippen LogP contribution in [0.15, 0.2) is 66.7 Å². The molecule has 8 nitrogen and oxygen atoms in total. The number of imide groups is 1. The van der Waals surface area contributed by atoms with E-state index in [2.05, 4.69) is 5.32 Å². The number of rotatable bonds is 11. The first-order chi connectivity index (χ1) is 15.7. The van der Waals surface area contributed by atoms with Crippen LogP contribution in [0.25, 0.3) is 0 Å². The molecule has 2 amide bonds. The molecule has 0 unspecified atom stereocenters. The molecule has 0 heterocycles. The zero-order valence-electron chi connectivity index (χ0n) is 18.7. The third kappa shape index (κ3) is 8.42. The molecule has 0 saturated heterocycles. The lowest BCUT2D eigenvalue weighted by atomic mass is 9.78. The van der Waals surface area contributed by atoms with Crippen LogP contribution in [0.4, 0.5) is 4.79 Å². The molecule has 0 spiro atoms. The van der Waals surface area contributed by atoms with Gasteiger partial charge >= 0.3 is 12.1 Å². The molecule has 0 bridgehead atoms. The van der Waals surface area contributed by atoms with Crippen molar-refractivity contribution in [1.82, 2.24) is 5.32 Å². The van der Waals surface area contributed by atoms with Gasteiger partial charge in [-0.2, -0.15) is 0 Å². The summed E-state index contributed by atoms with van der Waals surface area (Å²) in [7, 11) is 0. The van der Waals surface area contributed by atoms with E-state index >= 15 is 0 Å². The number of alkyl carbamates (subject to hydrolysis) is 1. The van der Waals surface area contributed by atoms with Gasteiger partial charge in [0.2, 0.25) is 0 Å². The lowest BCUT2D eigenvalue weighted by molar-refractivity contribution is -0.131. The Balaban J connectivity index is 2.23. The number of carbonyl (C=O) groups is 3. The fraction of sp³-hybridized carbons (Fsp3) is 0.320. The number of nitrogens with one attached hydrogen (secondary N) is 1. The van der Waals surface area contributed by atoms with Gasteiger partial charge in [0.15, 0.2) is 0 Å². The second kappa shape index (κ2) is 12.4. The average Bonchev–Trinajstić information content (AvgIpc) is 2.79. The molecular weight excluding hydrogens is 426 g/mol. The number of aliphatic hydroxyl groups excluding tert-OH is 1. The number of ether oxygens (including phenoxy) is 2. The van der Waals surface area contributed by atoms with E-state index in [0.717, 1.165) is 6.08 Å². The van der Waals surface area contributed by atoms with E-state index in [9.17, 15) is 14.4 Å². The second-order valence-corrected chi connectivity index (χ2v) is 8.02. The van der Waals surface area contributed by atoms with Crippen molar-refractivity contribution >= 4 is 18.0 Å². The van der Waals surface area contributed by atoms with Gasteiger partial charge in [-0.05, 0) is 42.7 Å². The Bertz CT molecular complexity index is 970. The zero-order valence-corrected chi connectivity index (χ0v) is 18.7. The second-order valence-electron chi connectivity index (χ2n) is 8.02. The number of carbonyl (C=O) groups excluding carboxylic acids is 2. The van der Waals surface area contributed by atoms with Gasteiger partial charge in [-0.3, -0.25) is 10.1 Å². The van der Waals surface area contributed by atoms with E-state index in [4.69, 9.17) is 19.7 Å². The molecule has 0 aliphatic carbocycles. The van der Waals surface area contributed by atoms with Crippen LogP contribution in [0.5, 0.6) is 5.75 Å². The molecule has 176 valence electrons. The maximum absolute atomic E-state index is 12.6. The van der Waals surface area contributed by atoms with Crippen molar-refractivity contribution in [1.29, 1.82) is 0 Å². The number of allylic oxidation sites excluding steroid dienone is 1. The minimum Gasteiger partial charge on any atom is -0.491 e. The monoisotopic (exact) mass is 455 g/mol. The standard InChI is InChI=1S/C25H29NO7/c1-25(2,14-7-6-13-21(28)29)22(19-11-8-12-20(17-19)32-16-15-27)33-24(31)26-23(30)18-9-4-3-5-10-18/h3-6,8-13,17,22,27H,7,14-16H2,1-2H3,(H,28,29)(H,26,30,31)/b13-6+/t22-/m0/s1. The Morgan fingerprint density at radius 2 is 1.82 bits per heavy atom. The number of hydrogen-bond acceptors (Lipinski definition) is 6. The van der Waals surface area contributed by atoms with Gasteiger partial charge in [0, 0.05) is 17.1 Å². The highest BCUT2D eigenvalue weighted by Crippen LogP contribution is 2.41. The first-order valence-corrected chi connectivity index (χ1v) is 10.5. The van der Waals surface area contributed by atoms with Gasteiger partial charge in [0.05, 0.1) is 6.61 Å². The molecule has 1 atom stereocenters. The number of aliphatic hydroxyl groups is 1. The highest BCUT2D eigenvalue weighted by Gasteiger charge is 2.34. The molecule has 0 aliphatic rings. The molecule has 2 aromatic carbocycles. The van der Waals surface area contributed by atoms with Crippen molar-refractivity contribution in [2.45, 2.75) is 32.8 Å². The average molecular weight is 456 g/mol. The Morgan fingerprint density at radius 1 is 1.09 bits per heavy atom. The summed E-state index contributed by atoms with van der Waals surface area (Å²) >= 11 is 0. The molecule has 8 heteroatoms. The van der Waals surface area contributed by atoms with E-state index in [0.29, 0.717) is 29.7 Å². The van der Waals surface area contributed by atoms with E-state index in [1.165, 1.54) is 0 Å². The van der Waals surface area contributed by atoms with Crippen LogP contribution in [0, 0.1) is 5.41 Å². The molecule has 2 aromatic rings. The van der Waals surface area contributed by atoms with E-state index < -0.39 is 29.5 Å². The third-order valence-corrected chi connectivity index (χ3v) is 4.92. The van der Waals surface area contributed by atoms with Crippen LogP contribution in [0.3, 0.4) is 0 Å². The molecule has 3 N–H and O–H groups in total. The molecule has 0 saturated carbocycles. The highest BCUT2D eigenvalue weighted by molar-refractivity contribution is 6.02. The minimum absolute atomic E-state index is 0.115. The van der Waals surface area contributed by atoms with Crippen molar-refractivity contribution in [2.75, 3.05) is 13.2 Å². The molecule has 2 rings (SSSR count). The summed E-state index contributed by atoms with van der Waals surface area (Å²) < 4.78 is 11.2. The van der Waals surface area contributed by atoms with Crippen LogP contribution in [0.1, 0.15) is 48.7 Å². The SMILES string of the molecule is CC(C)(CC/C=C/C(=O)O)[C@@H](OC(=O)NC(=O)c1ccccc1)c1cccc(OCCO)c1. The molecule has 0 fully saturated rings. The topological polar surface area (TPSA) is 122 Å². The summed E-state index contributed by atoms with van der Waals surface area (Å²) in [4.78, 5) is 35.7. The van der Waals surface area contributed by atoms with Crippen molar-refractivity contribution in [3.8, 4) is 5.75 Å². The lowest BCUT2D eigenvalue weighted by Gasteiger charge is -2.34. The lowest BCUT2D eigenvalue weighted by Crippen LogP contribution is -2.35. The Kier molecular flexibility index (Phi) is 9.62. The molecule has 33 heavy (non-hydrogen) atoms. The van der Waals surface area contributed by atoms with Crippen molar-refractivity contribution in [3.05, 3.63) is 77.9 Å². The third-order valence-electron chi connectivity index (χ3n) is 4.92. The van der Waals surface area contributed by atoms with Crippen molar-refractivity contribution in [2.24, 2.45) is 5.41 Å². The van der Waals surface area contributed by atoms with Gasteiger partial charge in [-0.25, -0.2) is 9.59 Å². The smallest absolute Gasteiger partial charge is 0.414 e. The van der Waals surface area contributed by atoms with Gasteiger partial charge < -0.3 is 19.7 Å². The minimum atomic E-state index is -1.03. The van der Waals surface area contributed by atoms with Crippen molar-refractivity contribution in [3.63, 3.8) is 0 Å². The molecule has 0 radical (unpaired) electrons. The number of amides is 2. The number of carboxylic acid groups (broad SMARTS) is 1. The fourth-order valence-electron chi connectivity index (χ4n) is 3.27. The highest BCUT2D eigenvalue weighted by atomic mass is 16.6. The molecule has 0 aliphatic heterocycles. The molecular formula is C25H29NO7. The normalized spacial score (nSPS) is 12.2. The van der Waals surface area contributed by atoms with Gasteiger partial charge in [0.1, 0.15) is 18.5 Å². The van der Waals surface area contributed by atoms with Crippen LogP contribution < -0.4 is 10.1 Å². The summed E-state index contributed by atoms with van der Waals surface area (Å²) in [6.07, 6.45) is 1.90. The predicted molar refractivity (Wildman–Crippen MR) is 122 cm³/mol. The van der Waals surface area contributed by atoms with E-state index in [-0.39, 0.29) is 13.2 Å².